The molecule has 4 rings (SSSR count). The highest BCUT2D eigenvalue weighted by molar-refractivity contribution is 6.05. The second-order valence-corrected chi connectivity index (χ2v) is 6.40. The summed E-state index contributed by atoms with van der Waals surface area (Å²) in [5.41, 5.74) is -0.535. The third-order valence-corrected chi connectivity index (χ3v) is 4.24. The zero-order valence-electron chi connectivity index (χ0n) is 15.3. The highest BCUT2D eigenvalue weighted by atomic mass is 19.3. The van der Waals surface area contributed by atoms with Crippen LogP contribution in [0.25, 0.3) is 10.9 Å². The van der Waals surface area contributed by atoms with E-state index in [2.05, 4.69) is 30.5 Å². The number of pyridine rings is 1. The average Bonchev–Trinajstić information content (AvgIpc) is 3.12. The lowest BCUT2D eigenvalue weighted by atomic mass is 10.1. The van der Waals surface area contributed by atoms with Crippen molar-refractivity contribution < 1.29 is 23.1 Å². The molecule has 3 heterocycles. The van der Waals surface area contributed by atoms with Gasteiger partial charge in [-0.2, -0.15) is 13.9 Å². The van der Waals surface area contributed by atoms with Crippen LogP contribution in [0.15, 0.2) is 42.6 Å². The molecule has 0 radical (unpaired) electrons. The number of rotatable bonds is 5. The smallest absolute Gasteiger partial charge is 0.348 e. The number of H-pyrrole nitrogens is 1. The van der Waals surface area contributed by atoms with E-state index in [1.807, 2.05) is 0 Å². The van der Waals surface area contributed by atoms with Crippen molar-refractivity contribution in [2.24, 2.45) is 0 Å². The quantitative estimate of drug-likeness (QED) is 0.455. The number of alkyl halides is 2. The van der Waals surface area contributed by atoms with E-state index < -0.39 is 29.2 Å². The summed E-state index contributed by atoms with van der Waals surface area (Å²) in [6.45, 7) is 1.75. The van der Waals surface area contributed by atoms with Crippen LogP contribution in [0.4, 0.5) is 24.8 Å². The summed E-state index contributed by atoms with van der Waals surface area (Å²) in [6.07, 6.45) is 0.651. The highest BCUT2D eigenvalue weighted by Gasteiger charge is 2.40. The van der Waals surface area contributed by atoms with Gasteiger partial charge < -0.3 is 10.4 Å². The summed E-state index contributed by atoms with van der Waals surface area (Å²) < 4.78 is 43.3. The predicted molar refractivity (Wildman–Crippen MR) is 100 cm³/mol. The maximum atomic E-state index is 15.1. The van der Waals surface area contributed by atoms with Gasteiger partial charge in [-0.3, -0.25) is 10.1 Å². The summed E-state index contributed by atoms with van der Waals surface area (Å²) in [4.78, 5) is 22.8. The van der Waals surface area contributed by atoms with Gasteiger partial charge in [-0.15, -0.1) is 0 Å². The fourth-order valence-corrected chi connectivity index (χ4v) is 2.84. The van der Waals surface area contributed by atoms with Crippen molar-refractivity contribution in [1.29, 1.82) is 0 Å². The fourth-order valence-electron chi connectivity index (χ4n) is 2.84. The molecule has 4 aromatic rings. The summed E-state index contributed by atoms with van der Waals surface area (Å²) in [5.74, 6) is -6.69. The number of benzene rings is 1. The summed E-state index contributed by atoms with van der Waals surface area (Å²) >= 11 is 0. The second kappa shape index (κ2) is 7.10. The summed E-state index contributed by atoms with van der Waals surface area (Å²) in [6, 6.07) is 7.48. The van der Waals surface area contributed by atoms with E-state index in [4.69, 9.17) is 0 Å². The molecule has 0 saturated carbocycles. The molecule has 0 fully saturated rings. The molecule has 152 valence electrons. The van der Waals surface area contributed by atoms with E-state index in [1.54, 1.807) is 13.0 Å². The minimum Gasteiger partial charge on any atom is -0.478 e. The number of aromatic amines is 1. The Labute approximate surface area is 166 Å². The lowest BCUT2D eigenvalue weighted by molar-refractivity contribution is 0.0284. The van der Waals surface area contributed by atoms with Gasteiger partial charge in [-0.05, 0) is 31.2 Å². The normalized spacial score (nSPS) is 11.6. The molecule has 0 bridgehead atoms. The lowest BCUT2D eigenvalue weighted by Crippen LogP contribution is -2.22. The number of carboxylic acids is 1. The Morgan fingerprint density at radius 2 is 2.00 bits per heavy atom. The second-order valence-electron chi connectivity index (χ2n) is 6.40. The molecule has 3 N–H and O–H groups in total. The number of carbonyl (C=O) groups is 1. The van der Waals surface area contributed by atoms with Crippen LogP contribution in [-0.2, 0) is 5.92 Å². The van der Waals surface area contributed by atoms with E-state index in [9.17, 15) is 14.3 Å². The van der Waals surface area contributed by atoms with Crippen molar-refractivity contribution in [3.05, 3.63) is 71.2 Å². The van der Waals surface area contributed by atoms with Crippen molar-refractivity contribution >= 4 is 28.5 Å². The van der Waals surface area contributed by atoms with Crippen LogP contribution >= 0.6 is 0 Å². The third-order valence-electron chi connectivity index (χ3n) is 4.24. The van der Waals surface area contributed by atoms with Crippen molar-refractivity contribution in [1.82, 2.24) is 25.1 Å². The molecule has 11 heteroatoms. The summed E-state index contributed by atoms with van der Waals surface area (Å²) in [5, 5.41) is 19.2. The number of fused-ring (bicyclic) bond motifs is 1. The zero-order chi connectivity index (χ0) is 21.5. The van der Waals surface area contributed by atoms with Crippen LogP contribution < -0.4 is 5.32 Å². The molecule has 0 aliphatic carbocycles. The Morgan fingerprint density at radius 1 is 1.20 bits per heavy atom. The molecule has 0 spiro atoms. The number of nitrogens with one attached hydrogen (secondary N) is 2. The monoisotopic (exact) mass is 414 g/mol. The number of nitrogens with zero attached hydrogens (tertiary/aromatic N) is 4. The number of aromatic nitrogens is 5. The van der Waals surface area contributed by atoms with Gasteiger partial charge in [0.05, 0.1) is 17.3 Å². The van der Waals surface area contributed by atoms with Crippen LogP contribution in [0.3, 0.4) is 0 Å². The number of halogens is 3. The molecular formula is C19H13F3N6O2. The van der Waals surface area contributed by atoms with Crippen LogP contribution in [0, 0.1) is 12.7 Å². The number of aromatic carboxylic acids is 1. The molecule has 0 aliphatic rings. The lowest BCUT2D eigenvalue weighted by Gasteiger charge is -2.17. The molecule has 8 nitrogen and oxygen atoms in total. The number of aryl methyl sites for hydroxylation is 1. The first-order valence-corrected chi connectivity index (χ1v) is 8.59. The first-order valence-electron chi connectivity index (χ1n) is 8.59. The van der Waals surface area contributed by atoms with Gasteiger partial charge in [0.2, 0.25) is 5.82 Å². The molecule has 0 aliphatic heterocycles. The molecular weight excluding hydrogens is 401 g/mol. The maximum absolute atomic E-state index is 15.1. The maximum Gasteiger partial charge on any atom is 0.348 e. The standard InChI is InChI=1S/C19H13F3N6O2/c1-9-7-14(28-27-9)24-16-11-3-2-4-12(17(29)30)15(11)25-18(26-16)19(21,22)13-6-5-10(20)8-23-13/h2-8H,1H3,(H,29,30)(H2,24,25,26,27,28). The fraction of sp³-hybridized carbons (Fsp3) is 0.105. The minimum absolute atomic E-state index is 0.0635. The van der Waals surface area contributed by atoms with Crippen LogP contribution in [-0.4, -0.2) is 36.2 Å². The topological polar surface area (TPSA) is 117 Å². The molecule has 0 saturated heterocycles. The van der Waals surface area contributed by atoms with Crippen molar-refractivity contribution in [3.63, 3.8) is 0 Å². The van der Waals surface area contributed by atoms with Crippen LogP contribution in [0.1, 0.15) is 27.6 Å². The number of carboxylic acid groups (broad SMARTS) is 1. The Kier molecular flexibility index (Phi) is 4.57. The summed E-state index contributed by atoms with van der Waals surface area (Å²) in [7, 11) is 0. The Bertz CT molecular complexity index is 1260. The number of para-hydroxylation sites is 1. The minimum atomic E-state index is -3.81. The number of anilines is 2. The van der Waals surface area contributed by atoms with Gasteiger partial charge in [-0.1, -0.05) is 6.07 Å². The SMILES string of the molecule is Cc1cc(Nc2nc(C(F)(F)c3ccc(F)cn3)nc3c(C(=O)O)cccc23)n[nH]1. The number of hydrogen-bond acceptors (Lipinski definition) is 6. The predicted octanol–water partition coefficient (Wildman–Crippen LogP) is 3.78. The van der Waals surface area contributed by atoms with E-state index >= 15 is 8.78 Å². The van der Waals surface area contributed by atoms with Gasteiger partial charge in [0.1, 0.15) is 17.3 Å². The van der Waals surface area contributed by atoms with Gasteiger partial charge >= 0.3 is 11.9 Å². The first-order chi connectivity index (χ1) is 14.3. The van der Waals surface area contributed by atoms with E-state index in [-0.39, 0.29) is 22.3 Å². The van der Waals surface area contributed by atoms with Gasteiger partial charge in [0, 0.05) is 17.1 Å². The zero-order valence-corrected chi connectivity index (χ0v) is 15.3. The number of hydrogen-bond donors (Lipinski definition) is 3. The molecule has 0 unspecified atom stereocenters. The van der Waals surface area contributed by atoms with Crippen molar-refractivity contribution in [3.8, 4) is 0 Å². The largest absolute Gasteiger partial charge is 0.478 e. The average molecular weight is 414 g/mol. The van der Waals surface area contributed by atoms with Crippen molar-refractivity contribution in [2.45, 2.75) is 12.8 Å². The van der Waals surface area contributed by atoms with E-state index in [1.165, 1.54) is 18.2 Å². The van der Waals surface area contributed by atoms with Crippen LogP contribution in [0.2, 0.25) is 0 Å². The molecule has 3 aromatic heterocycles. The van der Waals surface area contributed by atoms with Gasteiger partial charge in [0.15, 0.2) is 5.82 Å². The highest BCUT2D eigenvalue weighted by Crippen LogP contribution is 2.35. The van der Waals surface area contributed by atoms with E-state index in [0.29, 0.717) is 17.7 Å². The Morgan fingerprint density at radius 3 is 2.63 bits per heavy atom. The Balaban J connectivity index is 1.94. The van der Waals surface area contributed by atoms with Gasteiger partial charge in [0.25, 0.3) is 0 Å². The van der Waals surface area contributed by atoms with Gasteiger partial charge in [-0.25, -0.2) is 19.2 Å². The molecule has 0 atom stereocenters. The Hall–Kier alpha value is -4.02. The first kappa shape index (κ1) is 19.3. The molecule has 1 aromatic carbocycles. The third kappa shape index (κ3) is 3.41. The van der Waals surface area contributed by atoms with Crippen LogP contribution in [0.5, 0.6) is 0 Å². The molecule has 30 heavy (non-hydrogen) atoms. The van der Waals surface area contributed by atoms with Crippen molar-refractivity contribution in [2.75, 3.05) is 5.32 Å². The van der Waals surface area contributed by atoms with E-state index in [0.717, 1.165) is 12.1 Å². The molecule has 0 amide bonds.